The number of hydrogen-bond donors (Lipinski definition) is 3. The quantitative estimate of drug-likeness (QED) is 0.115. The number of para-hydroxylation sites is 3. The van der Waals surface area contributed by atoms with E-state index in [0.717, 1.165) is 37.0 Å². The van der Waals surface area contributed by atoms with E-state index in [2.05, 4.69) is 52.5 Å². The minimum atomic E-state index is -0.916. The van der Waals surface area contributed by atoms with E-state index in [0.29, 0.717) is 22.3 Å². The lowest BCUT2D eigenvalue weighted by molar-refractivity contribution is -0.140. The summed E-state index contributed by atoms with van der Waals surface area (Å²) in [7, 11) is 0. The van der Waals surface area contributed by atoms with Gasteiger partial charge in [0.15, 0.2) is 5.78 Å². The number of carboxylic acids is 1. The second-order valence-electron chi connectivity index (χ2n) is 11.2. The maximum atomic E-state index is 12.1. The highest BCUT2D eigenvalue weighted by atomic mass is 79.9. The van der Waals surface area contributed by atoms with Gasteiger partial charge in [-0.15, -0.1) is 5.10 Å². The number of carboxylic acid groups (broad SMARTS) is 1. The SMILES string of the molecule is CC.CC.CC(C(=O)O)n1nnc2ccccc21.CC1N=C(c2ccc(Br)cc2)c2ccccc2NC1=O.Nc1ccccc1C(=O)c1ccc(Br)cc1. The molecule has 280 valence electrons. The van der Waals surface area contributed by atoms with Gasteiger partial charge >= 0.3 is 5.97 Å². The Morgan fingerprint density at radius 3 is 1.98 bits per heavy atom. The van der Waals surface area contributed by atoms with E-state index in [-0.39, 0.29) is 11.7 Å². The maximum Gasteiger partial charge on any atom is 0.328 e. The standard InChI is InChI=1S/C16H13BrN2O.C13H10BrNO.C9H9N3O2.2C2H6/c1-10-16(20)19-14-5-3-2-4-13(14)15(18-10)11-6-8-12(17)9-7-11;14-10-7-5-9(6-8-10)13(16)11-3-1-2-4-12(11)15;1-6(9(13)14)12-8-5-3-2-4-7(8)10-11-12;2*1-2/h2-10H,1H3,(H,19,20);1-8H,15H2;2-6H,1H3,(H,13,14);2*1-2H3. The molecule has 5 aromatic carbocycles. The molecule has 0 radical (unpaired) electrons. The lowest BCUT2D eigenvalue weighted by atomic mass is 10.0. The molecular formula is C42H44Br2N6O4. The first-order valence-corrected chi connectivity index (χ1v) is 19.0. The smallest absolute Gasteiger partial charge is 0.328 e. The number of benzodiazepines with no additional fused rings is 1. The number of aliphatic carboxylic acids is 1. The van der Waals surface area contributed by atoms with E-state index in [1.165, 1.54) is 4.68 Å². The third-order valence-corrected chi connectivity index (χ3v) is 8.73. The molecule has 0 saturated carbocycles. The van der Waals surface area contributed by atoms with Crippen molar-refractivity contribution in [1.82, 2.24) is 15.0 Å². The molecule has 10 nitrogen and oxygen atoms in total. The average molecular weight is 857 g/mol. The van der Waals surface area contributed by atoms with Gasteiger partial charge < -0.3 is 16.2 Å². The molecule has 0 spiro atoms. The van der Waals surface area contributed by atoms with Crippen molar-refractivity contribution in [3.05, 3.63) is 153 Å². The van der Waals surface area contributed by atoms with Crippen LogP contribution in [0.5, 0.6) is 0 Å². The Kier molecular flexibility index (Phi) is 16.9. The molecule has 6 aromatic rings. The van der Waals surface area contributed by atoms with Gasteiger partial charge in [0.05, 0.1) is 16.9 Å². The summed E-state index contributed by atoms with van der Waals surface area (Å²) in [6.07, 6.45) is 0. The number of aliphatic imine (C=N–C) groups is 1. The minimum Gasteiger partial charge on any atom is -0.480 e. The van der Waals surface area contributed by atoms with Gasteiger partial charge in [-0.3, -0.25) is 14.6 Å². The summed E-state index contributed by atoms with van der Waals surface area (Å²) in [6, 6.07) is 36.2. The summed E-state index contributed by atoms with van der Waals surface area (Å²) in [5.41, 5.74) is 12.5. The van der Waals surface area contributed by atoms with Crippen LogP contribution in [0.1, 0.15) is 74.6 Å². The molecule has 1 aliphatic rings. The predicted octanol–water partition coefficient (Wildman–Crippen LogP) is 10.0. The molecule has 0 fully saturated rings. The molecule has 7 rings (SSSR count). The molecule has 1 amide bonds. The lowest BCUT2D eigenvalue weighted by Gasteiger charge is -2.09. The number of benzene rings is 5. The van der Waals surface area contributed by atoms with Crippen molar-refractivity contribution in [1.29, 1.82) is 0 Å². The molecule has 1 aromatic heterocycles. The van der Waals surface area contributed by atoms with E-state index in [9.17, 15) is 14.4 Å². The van der Waals surface area contributed by atoms with Crippen molar-refractivity contribution in [2.24, 2.45) is 4.99 Å². The van der Waals surface area contributed by atoms with Gasteiger partial charge in [-0.1, -0.05) is 119 Å². The third-order valence-electron chi connectivity index (χ3n) is 7.67. The molecule has 0 saturated heterocycles. The van der Waals surface area contributed by atoms with Crippen LogP contribution in [0.2, 0.25) is 0 Å². The fraction of sp³-hybridized carbons (Fsp3) is 0.190. The van der Waals surface area contributed by atoms with Crippen molar-refractivity contribution in [3.8, 4) is 0 Å². The molecule has 2 atom stereocenters. The number of fused-ring (bicyclic) bond motifs is 2. The van der Waals surface area contributed by atoms with Gasteiger partial charge in [-0.05, 0) is 80.6 Å². The van der Waals surface area contributed by atoms with Gasteiger partial charge in [0.2, 0.25) is 5.91 Å². The van der Waals surface area contributed by atoms with E-state index in [1.807, 2.05) is 113 Å². The number of nitrogen functional groups attached to an aromatic ring is 1. The van der Waals surface area contributed by atoms with Gasteiger partial charge in [-0.2, -0.15) is 0 Å². The molecule has 0 bridgehead atoms. The number of nitrogens with two attached hydrogens (primary N) is 1. The molecule has 0 aliphatic carbocycles. The van der Waals surface area contributed by atoms with Gasteiger partial charge in [-0.25, -0.2) is 9.48 Å². The fourth-order valence-corrected chi connectivity index (χ4v) is 5.46. The molecule has 1 aliphatic heterocycles. The Labute approximate surface area is 332 Å². The van der Waals surface area contributed by atoms with Gasteiger partial charge in [0.25, 0.3) is 0 Å². The van der Waals surface area contributed by atoms with E-state index in [1.54, 1.807) is 50.2 Å². The molecule has 2 heterocycles. The largest absolute Gasteiger partial charge is 0.480 e. The van der Waals surface area contributed by atoms with Crippen LogP contribution in [-0.4, -0.2) is 49.5 Å². The van der Waals surface area contributed by atoms with E-state index in [4.69, 9.17) is 10.8 Å². The number of ketones is 1. The molecule has 4 N–H and O–H groups in total. The minimum absolute atomic E-state index is 0.0504. The number of amides is 1. The number of aromatic nitrogens is 3. The van der Waals surface area contributed by atoms with E-state index < -0.39 is 18.1 Å². The zero-order valence-electron chi connectivity index (χ0n) is 31.0. The first kappa shape index (κ1) is 42.9. The van der Waals surface area contributed by atoms with Gasteiger partial charge in [0.1, 0.15) is 17.6 Å². The van der Waals surface area contributed by atoms with Crippen LogP contribution in [0.3, 0.4) is 0 Å². The predicted molar refractivity (Wildman–Crippen MR) is 225 cm³/mol. The monoisotopic (exact) mass is 854 g/mol. The highest BCUT2D eigenvalue weighted by Crippen LogP contribution is 2.25. The maximum absolute atomic E-state index is 12.1. The number of halogens is 2. The number of hydrogen-bond acceptors (Lipinski definition) is 7. The highest BCUT2D eigenvalue weighted by molar-refractivity contribution is 9.10. The number of rotatable bonds is 5. The van der Waals surface area contributed by atoms with Crippen molar-refractivity contribution >= 4 is 77.6 Å². The third kappa shape index (κ3) is 11.3. The topological polar surface area (TPSA) is 153 Å². The van der Waals surface area contributed by atoms with Crippen LogP contribution in [0.25, 0.3) is 11.0 Å². The first-order chi connectivity index (χ1) is 26.0. The summed E-state index contributed by atoms with van der Waals surface area (Å²) in [5.74, 6) is -1.05. The Morgan fingerprint density at radius 1 is 0.796 bits per heavy atom. The number of anilines is 2. The first-order valence-electron chi connectivity index (χ1n) is 17.4. The summed E-state index contributed by atoms with van der Waals surface area (Å²) >= 11 is 6.76. The number of carbonyl (C=O) groups excluding carboxylic acids is 2. The summed E-state index contributed by atoms with van der Waals surface area (Å²) in [5, 5.41) is 19.4. The zero-order valence-corrected chi connectivity index (χ0v) is 34.2. The molecule has 54 heavy (non-hydrogen) atoms. The van der Waals surface area contributed by atoms with Crippen molar-refractivity contribution in [2.45, 2.75) is 53.6 Å². The fourth-order valence-electron chi connectivity index (χ4n) is 4.93. The molecule has 12 heteroatoms. The summed E-state index contributed by atoms with van der Waals surface area (Å²) in [6.45, 7) is 11.4. The van der Waals surface area contributed by atoms with Gasteiger partial charge in [0, 0.05) is 36.9 Å². The Balaban J connectivity index is 0.000000211. The van der Waals surface area contributed by atoms with Crippen molar-refractivity contribution in [2.75, 3.05) is 11.1 Å². The van der Waals surface area contributed by atoms with Crippen LogP contribution >= 0.6 is 31.9 Å². The van der Waals surface area contributed by atoms with E-state index >= 15 is 0 Å². The highest BCUT2D eigenvalue weighted by Gasteiger charge is 2.22. The second-order valence-corrected chi connectivity index (χ2v) is 13.0. The number of nitrogens with zero attached hydrogens (tertiary/aromatic N) is 4. The van der Waals surface area contributed by atoms with Crippen LogP contribution < -0.4 is 11.1 Å². The number of nitrogens with one attached hydrogen (secondary N) is 1. The number of carbonyl (C=O) groups is 3. The van der Waals surface area contributed by atoms with Crippen LogP contribution in [0.15, 0.2) is 135 Å². The Morgan fingerprint density at radius 2 is 1.35 bits per heavy atom. The average Bonchev–Trinajstić information content (AvgIpc) is 3.58. The second kappa shape index (κ2) is 21.3. The van der Waals surface area contributed by atoms with Crippen molar-refractivity contribution in [3.63, 3.8) is 0 Å². The molecule has 2 unspecified atom stereocenters. The molecular weight excluding hydrogens is 812 g/mol. The van der Waals surface area contributed by atoms with Crippen LogP contribution in [-0.2, 0) is 9.59 Å². The Bertz CT molecular complexity index is 2180. The normalized spacial score (nSPS) is 13.1. The summed E-state index contributed by atoms with van der Waals surface area (Å²) in [4.78, 5) is 39.4. The Hall–Kier alpha value is -5.46. The van der Waals surface area contributed by atoms with Crippen LogP contribution in [0, 0.1) is 0 Å². The van der Waals surface area contributed by atoms with Crippen molar-refractivity contribution < 1.29 is 19.5 Å². The zero-order chi connectivity index (χ0) is 39.8. The van der Waals surface area contributed by atoms with Crippen LogP contribution in [0.4, 0.5) is 11.4 Å². The summed E-state index contributed by atoms with van der Waals surface area (Å²) < 4.78 is 3.37. The lowest BCUT2D eigenvalue weighted by Crippen LogP contribution is -2.22.